The predicted molar refractivity (Wildman–Crippen MR) is 126 cm³/mol. The lowest BCUT2D eigenvalue weighted by molar-refractivity contribution is -0.120. The van der Waals surface area contributed by atoms with Crippen LogP contribution in [0.1, 0.15) is 18.1 Å². The van der Waals surface area contributed by atoms with Crippen LogP contribution in [0.3, 0.4) is 0 Å². The van der Waals surface area contributed by atoms with Crippen LogP contribution < -0.4 is 9.64 Å². The first kappa shape index (κ1) is 21.7. The molecule has 5 nitrogen and oxygen atoms in total. The second-order valence-electron chi connectivity index (χ2n) is 7.44. The number of hydrogen-bond donors (Lipinski definition) is 0. The van der Waals surface area contributed by atoms with E-state index < -0.39 is 0 Å². The molecule has 0 bridgehead atoms. The molecule has 0 saturated heterocycles. The van der Waals surface area contributed by atoms with Crippen LogP contribution in [0.5, 0.6) is 5.75 Å². The largest absolute Gasteiger partial charge is 0.494 e. The topological polar surface area (TPSA) is 49.9 Å². The summed E-state index contributed by atoms with van der Waals surface area (Å²) in [6.45, 7) is 2.95. The van der Waals surface area contributed by atoms with E-state index in [1.165, 1.54) is 4.90 Å². The van der Waals surface area contributed by atoms with Crippen molar-refractivity contribution in [3.05, 3.63) is 101 Å². The van der Waals surface area contributed by atoms with Gasteiger partial charge in [0, 0.05) is 18.6 Å². The molecule has 1 aliphatic heterocycles. The molecule has 0 N–H and O–H groups in total. The van der Waals surface area contributed by atoms with Crippen molar-refractivity contribution in [1.29, 1.82) is 0 Å². The Kier molecular flexibility index (Phi) is 6.28. The maximum Gasteiger partial charge on any atom is 0.282 e. The Balaban J connectivity index is 1.77. The van der Waals surface area contributed by atoms with E-state index in [9.17, 15) is 9.59 Å². The monoisotopic (exact) mass is 446 g/mol. The summed E-state index contributed by atoms with van der Waals surface area (Å²) >= 11 is 6.01. The Morgan fingerprint density at radius 2 is 1.53 bits per heavy atom. The van der Waals surface area contributed by atoms with E-state index in [0.717, 1.165) is 5.56 Å². The van der Waals surface area contributed by atoms with Gasteiger partial charge in [0.25, 0.3) is 11.8 Å². The number of imide groups is 1. The SMILES string of the molecule is CCOc1ccc(C2=C(N(C)Cc3ccccc3)C(=O)N(c3ccc(Cl)cc3)C2=O)cc1. The van der Waals surface area contributed by atoms with Gasteiger partial charge in [-0.1, -0.05) is 54.1 Å². The molecule has 0 saturated carbocycles. The lowest BCUT2D eigenvalue weighted by Crippen LogP contribution is -2.34. The number of likely N-dealkylation sites (N-methyl/N-ethyl adjacent to an activating group) is 1. The highest BCUT2D eigenvalue weighted by atomic mass is 35.5. The highest BCUT2D eigenvalue weighted by Gasteiger charge is 2.41. The summed E-state index contributed by atoms with van der Waals surface area (Å²) in [5, 5.41) is 0.536. The van der Waals surface area contributed by atoms with Gasteiger partial charge >= 0.3 is 0 Å². The number of benzene rings is 3. The molecule has 1 aliphatic rings. The summed E-state index contributed by atoms with van der Waals surface area (Å²) in [5.74, 6) is -0.0154. The fourth-order valence-electron chi connectivity index (χ4n) is 3.78. The lowest BCUT2D eigenvalue weighted by atomic mass is 10.0. The van der Waals surface area contributed by atoms with E-state index >= 15 is 0 Å². The van der Waals surface area contributed by atoms with Crippen molar-refractivity contribution in [2.45, 2.75) is 13.5 Å². The maximum atomic E-state index is 13.5. The summed E-state index contributed by atoms with van der Waals surface area (Å²) < 4.78 is 5.53. The molecular formula is C26H23ClN2O3. The Hall–Kier alpha value is -3.57. The zero-order valence-electron chi connectivity index (χ0n) is 17.9. The summed E-state index contributed by atoms with van der Waals surface area (Å²) in [6, 6.07) is 23.8. The zero-order chi connectivity index (χ0) is 22.7. The van der Waals surface area contributed by atoms with Gasteiger partial charge in [0.15, 0.2) is 0 Å². The summed E-state index contributed by atoms with van der Waals surface area (Å²) in [6.07, 6.45) is 0. The molecule has 0 spiro atoms. The third kappa shape index (κ3) is 4.25. The molecule has 6 heteroatoms. The number of carbonyl (C=O) groups excluding carboxylic acids is 2. The Morgan fingerprint density at radius 1 is 0.875 bits per heavy atom. The van der Waals surface area contributed by atoms with E-state index in [-0.39, 0.29) is 11.8 Å². The molecule has 0 aromatic heterocycles. The quantitative estimate of drug-likeness (QED) is 0.471. The highest BCUT2D eigenvalue weighted by molar-refractivity contribution is 6.45. The predicted octanol–water partition coefficient (Wildman–Crippen LogP) is 5.16. The van der Waals surface area contributed by atoms with Crippen molar-refractivity contribution in [2.75, 3.05) is 18.6 Å². The third-order valence-electron chi connectivity index (χ3n) is 5.24. The van der Waals surface area contributed by atoms with Crippen LogP contribution >= 0.6 is 11.6 Å². The normalized spacial score (nSPS) is 13.7. The van der Waals surface area contributed by atoms with Gasteiger partial charge in [0.2, 0.25) is 0 Å². The van der Waals surface area contributed by atoms with Crippen LogP contribution in [-0.4, -0.2) is 30.4 Å². The number of anilines is 1. The van der Waals surface area contributed by atoms with Crippen LogP contribution in [-0.2, 0) is 16.1 Å². The summed E-state index contributed by atoms with van der Waals surface area (Å²) in [4.78, 5) is 30.1. The van der Waals surface area contributed by atoms with Gasteiger partial charge in [-0.3, -0.25) is 9.59 Å². The fraction of sp³-hybridized carbons (Fsp3) is 0.154. The molecule has 0 radical (unpaired) electrons. The van der Waals surface area contributed by atoms with Crippen molar-refractivity contribution in [2.24, 2.45) is 0 Å². The summed E-state index contributed by atoms with van der Waals surface area (Å²) in [5.41, 5.74) is 2.91. The van der Waals surface area contributed by atoms with Crippen LogP contribution in [0.2, 0.25) is 5.02 Å². The zero-order valence-corrected chi connectivity index (χ0v) is 18.7. The van der Waals surface area contributed by atoms with Crippen LogP contribution in [0, 0.1) is 0 Å². The molecule has 0 aliphatic carbocycles. The molecule has 3 aromatic carbocycles. The molecule has 2 amide bonds. The molecule has 4 rings (SSSR count). The summed E-state index contributed by atoms with van der Waals surface area (Å²) in [7, 11) is 1.83. The molecule has 32 heavy (non-hydrogen) atoms. The number of carbonyl (C=O) groups is 2. The number of nitrogens with zero attached hydrogens (tertiary/aromatic N) is 2. The van der Waals surface area contributed by atoms with Crippen LogP contribution in [0.15, 0.2) is 84.6 Å². The molecule has 0 unspecified atom stereocenters. The van der Waals surface area contributed by atoms with E-state index in [2.05, 4.69) is 0 Å². The molecule has 0 atom stereocenters. The second-order valence-corrected chi connectivity index (χ2v) is 7.88. The fourth-order valence-corrected chi connectivity index (χ4v) is 3.90. The Bertz CT molecular complexity index is 1160. The molecule has 3 aromatic rings. The number of halogens is 1. The number of amides is 2. The van der Waals surface area contributed by atoms with Crippen molar-refractivity contribution >= 4 is 34.7 Å². The van der Waals surface area contributed by atoms with E-state index in [4.69, 9.17) is 16.3 Å². The second kappa shape index (κ2) is 9.28. The highest BCUT2D eigenvalue weighted by Crippen LogP contribution is 2.35. The van der Waals surface area contributed by atoms with Crippen molar-refractivity contribution in [3.63, 3.8) is 0 Å². The third-order valence-corrected chi connectivity index (χ3v) is 5.49. The van der Waals surface area contributed by atoms with Gasteiger partial charge in [-0.15, -0.1) is 0 Å². The minimum absolute atomic E-state index is 0.359. The van der Waals surface area contributed by atoms with Crippen LogP contribution in [0.25, 0.3) is 5.57 Å². The van der Waals surface area contributed by atoms with Crippen molar-refractivity contribution in [1.82, 2.24) is 4.90 Å². The van der Waals surface area contributed by atoms with Gasteiger partial charge in [-0.25, -0.2) is 4.90 Å². The average molecular weight is 447 g/mol. The van der Waals surface area contributed by atoms with Crippen LogP contribution in [0.4, 0.5) is 5.69 Å². The molecule has 1 heterocycles. The minimum atomic E-state index is -0.364. The first-order chi connectivity index (χ1) is 15.5. The molecule has 162 valence electrons. The molecule has 0 fully saturated rings. The first-order valence-electron chi connectivity index (χ1n) is 10.4. The first-order valence-corrected chi connectivity index (χ1v) is 10.7. The van der Waals surface area contributed by atoms with Gasteiger partial charge in [0.1, 0.15) is 11.4 Å². The lowest BCUT2D eigenvalue weighted by Gasteiger charge is -2.21. The van der Waals surface area contributed by atoms with Gasteiger partial charge in [-0.05, 0) is 54.4 Å². The number of ether oxygens (including phenoxy) is 1. The van der Waals surface area contributed by atoms with Gasteiger partial charge < -0.3 is 9.64 Å². The Labute approximate surface area is 192 Å². The number of hydrogen-bond acceptors (Lipinski definition) is 4. The maximum absolute atomic E-state index is 13.5. The Morgan fingerprint density at radius 3 is 2.16 bits per heavy atom. The minimum Gasteiger partial charge on any atom is -0.494 e. The molecular weight excluding hydrogens is 424 g/mol. The van der Waals surface area contributed by atoms with E-state index in [0.29, 0.717) is 46.4 Å². The standard InChI is InChI=1S/C26H23ClN2O3/c1-3-32-22-15-9-19(10-16-22)23-24(28(2)17-18-7-5-4-6-8-18)26(31)29(25(23)30)21-13-11-20(27)12-14-21/h4-16H,3,17H2,1-2H3. The van der Waals surface area contributed by atoms with Crippen molar-refractivity contribution in [3.8, 4) is 5.75 Å². The van der Waals surface area contributed by atoms with Crippen molar-refractivity contribution < 1.29 is 14.3 Å². The van der Waals surface area contributed by atoms with Gasteiger partial charge in [-0.2, -0.15) is 0 Å². The van der Waals surface area contributed by atoms with Gasteiger partial charge in [0.05, 0.1) is 17.9 Å². The van der Waals surface area contributed by atoms with E-state index in [1.807, 2.05) is 73.5 Å². The van der Waals surface area contributed by atoms with E-state index in [1.54, 1.807) is 24.3 Å². The number of rotatable bonds is 7. The smallest absolute Gasteiger partial charge is 0.282 e. The average Bonchev–Trinajstić information content (AvgIpc) is 3.06.